The summed E-state index contributed by atoms with van der Waals surface area (Å²) >= 11 is 0. The van der Waals surface area contributed by atoms with Crippen LogP contribution in [-0.2, 0) is 11.3 Å². The van der Waals surface area contributed by atoms with Gasteiger partial charge in [-0.3, -0.25) is 4.79 Å². The molecule has 0 radical (unpaired) electrons. The third-order valence-electron chi connectivity index (χ3n) is 7.17. The average molecular weight is 486 g/mol. The normalized spacial score (nSPS) is 16.6. The summed E-state index contributed by atoms with van der Waals surface area (Å²) in [5.41, 5.74) is 4.05. The van der Waals surface area contributed by atoms with Crippen LogP contribution in [-0.4, -0.2) is 28.6 Å². The second-order valence-corrected chi connectivity index (χ2v) is 9.57. The molecule has 2 heterocycles. The van der Waals surface area contributed by atoms with Crippen LogP contribution >= 0.6 is 0 Å². The quantitative estimate of drug-likeness (QED) is 0.249. The minimum atomic E-state index is -0.308. The third kappa shape index (κ3) is 4.99. The van der Waals surface area contributed by atoms with Gasteiger partial charge in [0.1, 0.15) is 17.4 Å². The second kappa shape index (κ2) is 10.5. The molecule has 36 heavy (non-hydrogen) atoms. The maximum atomic E-state index is 13.4. The van der Waals surface area contributed by atoms with Crippen LogP contribution in [0.5, 0.6) is 5.75 Å². The van der Waals surface area contributed by atoms with Gasteiger partial charge in [0.25, 0.3) is 0 Å². The van der Waals surface area contributed by atoms with E-state index in [2.05, 4.69) is 36.6 Å². The number of para-hydroxylation sites is 2. The molecule has 5 rings (SSSR count). The van der Waals surface area contributed by atoms with E-state index in [1.54, 1.807) is 17.0 Å². The van der Waals surface area contributed by atoms with Crippen molar-refractivity contribution in [3.63, 3.8) is 0 Å². The predicted octanol–water partition coefficient (Wildman–Crippen LogP) is 6.68. The fraction of sp³-hybridized carbons (Fsp3) is 0.333. The number of halogens is 1. The summed E-state index contributed by atoms with van der Waals surface area (Å²) in [6.45, 7) is 6.32. The predicted molar refractivity (Wildman–Crippen MR) is 141 cm³/mol. The monoisotopic (exact) mass is 485 g/mol. The van der Waals surface area contributed by atoms with E-state index in [1.165, 1.54) is 17.7 Å². The fourth-order valence-corrected chi connectivity index (χ4v) is 4.93. The number of benzene rings is 3. The van der Waals surface area contributed by atoms with Crippen LogP contribution in [0.15, 0.2) is 72.8 Å². The number of carbonyl (C=O) groups is 1. The first-order chi connectivity index (χ1) is 17.5. The van der Waals surface area contributed by atoms with Gasteiger partial charge in [-0.2, -0.15) is 0 Å². The Labute approximate surface area is 211 Å². The number of amides is 1. The molecular formula is C30H32FN3O2. The van der Waals surface area contributed by atoms with E-state index in [1.807, 2.05) is 30.3 Å². The molecule has 6 heteroatoms. The maximum absolute atomic E-state index is 13.4. The van der Waals surface area contributed by atoms with Crippen LogP contribution in [0.2, 0.25) is 0 Å². The maximum Gasteiger partial charge on any atom is 0.227 e. The minimum absolute atomic E-state index is 0.0241. The molecule has 3 aromatic carbocycles. The van der Waals surface area contributed by atoms with Crippen LogP contribution in [0.25, 0.3) is 11.0 Å². The third-order valence-corrected chi connectivity index (χ3v) is 7.17. The van der Waals surface area contributed by atoms with Crippen molar-refractivity contribution in [1.29, 1.82) is 0 Å². The molecule has 0 bridgehead atoms. The van der Waals surface area contributed by atoms with E-state index in [4.69, 9.17) is 9.72 Å². The number of carbonyl (C=O) groups excluding carboxylic acids is 1. The van der Waals surface area contributed by atoms with Crippen LogP contribution in [0.3, 0.4) is 0 Å². The Morgan fingerprint density at radius 3 is 2.56 bits per heavy atom. The summed E-state index contributed by atoms with van der Waals surface area (Å²) in [5, 5.41) is 0. The molecule has 2 atom stereocenters. The van der Waals surface area contributed by atoms with Crippen molar-refractivity contribution in [1.82, 2.24) is 9.55 Å². The van der Waals surface area contributed by atoms with Gasteiger partial charge >= 0.3 is 0 Å². The summed E-state index contributed by atoms with van der Waals surface area (Å²) in [4.78, 5) is 19.5. The standard InChI is InChI=1S/C30H32FN3O2/c1-3-21(2)22-9-15-26(16-10-22)36-18-6-17-33-28-8-5-4-7-27(28)32-30(33)23-19-29(35)34(20-23)25-13-11-24(31)12-14-25/h4-5,7-16,21,23H,3,6,17-20H2,1-2H3. The SMILES string of the molecule is CCC(C)c1ccc(OCCCn2c(C3CC(=O)N(c4ccc(F)cc4)C3)nc3ccccc32)cc1. The minimum Gasteiger partial charge on any atom is -0.494 e. The Morgan fingerprint density at radius 1 is 1.06 bits per heavy atom. The van der Waals surface area contributed by atoms with Crippen molar-refractivity contribution in [2.24, 2.45) is 0 Å². The van der Waals surface area contributed by atoms with Gasteiger partial charge in [0.2, 0.25) is 5.91 Å². The highest BCUT2D eigenvalue weighted by Gasteiger charge is 2.34. The zero-order chi connectivity index (χ0) is 25.1. The van der Waals surface area contributed by atoms with Gasteiger partial charge in [0, 0.05) is 31.1 Å². The average Bonchev–Trinajstić information content (AvgIpc) is 3.47. The van der Waals surface area contributed by atoms with E-state index in [9.17, 15) is 9.18 Å². The molecule has 4 aromatic rings. The summed E-state index contributed by atoms with van der Waals surface area (Å²) in [6.07, 6.45) is 2.33. The van der Waals surface area contributed by atoms with Gasteiger partial charge < -0.3 is 14.2 Å². The number of nitrogens with zero attached hydrogens (tertiary/aromatic N) is 3. The van der Waals surface area contributed by atoms with E-state index in [-0.39, 0.29) is 17.6 Å². The van der Waals surface area contributed by atoms with Crippen molar-refractivity contribution in [3.8, 4) is 5.75 Å². The van der Waals surface area contributed by atoms with Crippen LogP contribution in [0.4, 0.5) is 10.1 Å². The summed E-state index contributed by atoms with van der Waals surface area (Å²) in [5.74, 6) is 2.06. The van der Waals surface area contributed by atoms with Gasteiger partial charge in [-0.25, -0.2) is 9.37 Å². The molecule has 1 aliphatic rings. The number of anilines is 1. The summed E-state index contributed by atoms with van der Waals surface area (Å²) < 4.78 is 21.6. The molecule has 5 nitrogen and oxygen atoms in total. The highest BCUT2D eigenvalue weighted by atomic mass is 19.1. The highest BCUT2D eigenvalue weighted by Crippen LogP contribution is 2.33. The Balaban J connectivity index is 1.28. The number of hydrogen-bond acceptors (Lipinski definition) is 3. The largest absolute Gasteiger partial charge is 0.494 e. The number of ether oxygens (including phenoxy) is 1. The number of hydrogen-bond donors (Lipinski definition) is 0. The Hall–Kier alpha value is -3.67. The van der Waals surface area contributed by atoms with Crippen molar-refractivity contribution < 1.29 is 13.9 Å². The molecule has 0 N–H and O–H groups in total. The Morgan fingerprint density at radius 2 is 1.81 bits per heavy atom. The lowest BCUT2D eigenvalue weighted by molar-refractivity contribution is -0.117. The molecule has 1 amide bonds. The number of fused-ring (bicyclic) bond motifs is 1. The smallest absolute Gasteiger partial charge is 0.227 e. The number of imidazole rings is 1. The van der Waals surface area contributed by atoms with E-state index < -0.39 is 0 Å². The summed E-state index contributed by atoms with van der Waals surface area (Å²) in [6, 6.07) is 22.6. The van der Waals surface area contributed by atoms with Gasteiger partial charge in [-0.1, -0.05) is 38.1 Å². The first kappa shape index (κ1) is 24.0. The first-order valence-electron chi connectivity index (χ1n) is 12.8. The highest BCUT2D eigenvalue weighted by molar-refractivity contribution is 5.96. The lowest BCUT2D eigenvalue weighted by atomic mass is 9.99. The number of rotatable bonds is 9. The second-order valence-electron chi connectivity index (χ2n) is 9.57. The van der Waals surface area contributed by atoms with E-state index >= 15 is 0 Å². The molecule has 1 aromatic heterocycles. The molecule has 2 unspecified atom stereocenters. The first-order valence-corrected chi connectivity index (χ1v) is 12.8. The van der Waals surface area contributed by atoms with Crippen LogP contribution in [0.1, 0.15) is 56.3 Å². The molecule has 0 spiro atoms. The Bertz CT molecular complexity index is 1330. The molecule has 0 saturated carbocycles. The molecule has 1 fully saturated rings. The van der Waals surface area contributed by atoms with Gasteiger partial charge in [0.05, 0.1) is 17.6 Å². The van der Waals surface area contributed by atoms with Crippen molar-refractivity contribution in [2.45, 2.75) is 51.5 Å². The topological polar surface area (TPSA) is 47.4 Å². The molecule has 0 aliphatic carbocycles. The van der Waals surface area contributed by atoms with Crippen LogP contribution in [0, 0.1) is 5.82 Å². The summed E-state index contributed by atoms with van der Waals surface area (Å²) in [7, 11) is 0. The van der Waals surface area contributed by atoms with Crippen molar-refractivity contribution >= 4 is 22.6 Å². The van der Waals surface area contributed by atoms with Gasteiger partial charge in [0.15, 0.2) is 0 Å². The van der Waals surface area contributed by atoms with Gasteiger partial charge in [-0.15, -0.1) is 0 Å². The number of aryl methyl sites for hydroxylation is 1. The molecule has 186 valence electrons. The van der Waals surface area contributed by atoms with Crippen molar-refractivity contribution in [3.05, 3.63) is 90.0 Å². The zero-order valence-corrected chi connectivity index (χ0v) is 20.9. The molecule has 1 aliphatic heterocycles. The molecule has 1 saturated heterocycles. The van der Waals surface area contributed by atoms with Gasteiger partial charge in [-0.05, 0) is 72.9 Å². The fourth-order valence-electron chi connectivity index (χ4n) is 4.93. The Kier molecular flexibility index (Phi) is 7.03. The zero-order valence-electron chi connectivity index (χ0n) is 20.9. The van der Waals surface area contributed by atoms with E-state index in [0.717, 1.165) is 47.7 Å². The number of aromatic nitrogens is 2. The lowest BCUT2D eigenvalue weighted by Gasteiger charge is -2.17. The molecular weight excluding hydrogens is 453 g/mol. The lowest BCUT2D eigenvalue weighted by Crippen LogP contribution is -2.24. The van der Waals surface area contributed by atoms with Crippen LogP contribution < -0.4 is 9.64 Å². The van der Waals surface area contributed by atoms with E-state index in [0.29, 0.717) is 25.5 Å². The van der Waals surface area contributed by atoms with Crippen molar-refractivity contribution in [2.75, 3.05) is 18.1 Å².